The number of rotatable bonds is 4. The first-order valence-electron chi connectivity index (χ1n) is 6.09. The van der Waals surface area contributed by atoms with Gasteiger partial charge in [-0.25, -0.2) is 8.42 Å². The summed E-state index contributed by atoms with van der Waals surface area (Å²) in [6.07, 6.45) is 0.775. The smallest absolute Gasteiger partial charge is 0.244 e. The SMILES string of the molecule is COc1cc(Cl)c(S(=O)(=O)N(C)C2CCNC2)cc1Cl. The van der Waals surface area contributed by atoms with Crippen molar-refractivity contribution in [1.82, 2.24) is 9.62 Å². The van der Waals surface area contributed by atoms with E-state index in [-0.39, 0.29) is 21.0 Å². The van der Waals surface area contributed by atoms with Gasteiger partial charge in [0.2, 0.25) is 10.0 Å². The monoisotopic (exact) mass is 338 g/mol. The van der Waals surface area contributed by atoms with Gasteiger partial charge in [-0.2, -0.15) is 4.31 Å². The van der Waals surface area contributed by atoms with Gasteiger partial charge in [-0.05, 0) is 19.0 Å². The van der Waals surface area contributed by atoms with Crippen LogP contribution in [0.1, 0.15) is 6.42 Å². The summed E-state index contributed by atoms with van der Waals surface area (Å²) in [6, 6.07) is 2.67. The van der Waals surface area contributed by atoms with E-state index in [4.69, 9.17) is 27.9 Å². The Bertz CT molecular complexity index is 601. The molecule has 0 amide bonds. The Morgan fingerprint density at radius 2 is 2.05 bits per heavy atom. The Morgan fingerprint density at radius 3 is 2.60 bits per heavy atom. The predicted octanol–water partition coefficient (Wildman–Crippen LogP) is 1.98. The molecule has 1 aliphatic rings. The number of nitrogens with zero attached hydrogens (tertiary/aromatic N) is 1. The number of halogens is 2. The summed E-state index contributed by atoms with van der Waals surface area (Å²) in [4.78, 5) is -0.000586. The Kier molecular flexibility index (Phi) is 4.81. The van der Waals surface area contributed by atoms with Crippen LogP contribution in [0.15, 0.2) is 17.0 Å². The van der Waals surface area contributed by atoms with E-state index in [0.29, 0.717) is 12.3 Å². The molecule has 0 radical (unpaired) electrons. The minimum absolute atomic E-state index is 0.000586. The van der Waals surface area contributed by atoms with Crippen LogP contribution < -0.4 is 10.1 Å². The molecule has 20 heavy (non-hydrogen) atoms. The third-order valence-corrected chi connectivity index (χ3v) is 6.08. The van der Waals surface area contributed by atoms with E-state index in [2.05, 4.69) is 5.32 Å². The maximum Gasteiger partial charge on any atom is 0.244 e. The zero-order valence-electron chi connectivity index (χ0n) is 11.2. The van der Waals surface area contributed by atoms with Crippen LogP contribution in [0.25, 0.3) is 0 Å². The maximum atomic E-state index is 12.6. The van der Waals surface area contributed by atoms with Gasteiger partial charge in [0.1, 0.15) is 10.6 Å². The van der Waals surface area contributed by atoms with E-state index in [9.17, 15) is 8.42 Å². The van der Waals surface area contributed by atoms with Crippen molar-refractivity contribution in [2.45, 2.75) is 17.4 Å². The number of hydrogen-bond acceptors (Lipinski definition) is 4. The minimum atomic E-state index is -3.68. The van der Waals surface area contributed by atoms with Crippen LogP contribution in [0.3, 0.4) is 0 Å². The van der Waals surface area contributed by atoms with Crippen LogP contribution in [0, 0.1) is 0 Å². The molecule has 0 bridgehead atoms. The molecule has 8 heteroatoms. The Hall–Kier alpha value is -0.530. The molecule has 1 fully saturated rings. The topological polar surface area (TPSA) is 58.6 Å². The molecule has 1 N–H and O–H groups in total. The van der Waals surface area contributed by atoms with Crippen molar-refractivity contribution in [2.24, 2.45) is 0 Å². The van der Waals surface area contributed by atoms with E-state index in [1.807, 2.05) is 0 Å². The number of sulfonamides is 1. The van der Waals surface area contributed by atoms with Crippen molar-refractivity contribution in [3.05, 3.63) is 22.2 Å². The van der Waals surface area contributed by atoms with Crippen molar-refractivity contribution in [1.29, 1.82) is 0 Å². The summed E-state index contributed by atoms with van der Waals surface area (Å²) in [6.45, 7) is 1.44. The van der Waals surface area contributed by atoms with Crippen LogP contribution in [-0.2, 0) is 10.0 Å². The number of benzene rings is 1. The van der Waals surface area contributed by atoms with E-state index in [1.54, 1.807) is 7.05 Å². The average Bonchev–Trinajstić information content (AvgIpc) is 2.93. The van der Waals surface area contributed by atoms with Crippen molar-refractivity contribution in [3.63, 3.8) is 0 Å². The molecule has 1 unspecified atom stereocenters. The lowest BCUT2D eigenvalue weighted by atomic mass is 10.3. The molecule has 0 saturated carbocycles. The standard InChI is InChI=1S/C12H16Cl2N2O3S/c1-16(8-3-4-15-7-8)20(17,18)12-6-9(13)11(19-2)5-10(12)14/h5-6,8,15H,3-4,7H2,1-2H3. The summed E-state index contributed by atoms with van der Waals surface area (Å²) in [5, 5.41) is 3.45. The second kappa shape index (κ2) is 6.07. The summed E-state index contributed by atoms with van der Waals surface area (Å²) < 4.78 is 31.6. The third-order valence-electron chi connectivity index (χ3n) is 3.41. The molecule has 0 aromatic heterocycles. The fourth-order valence-electron chi connectivity index (χ4n) is 2.17. The summed E-state index contributed by atoms with van der Waals surface area (Å²) in [5.74, 6) is 0.348. The molecule has 1 aliphatic heterocycles. The Morgan fingerprint density at radius 1 is 1.35 bits per heavy atom. The number of likely N-dealkylation sites (N-methyl/N-ethyl adjacent to an activating group) is 1. The molecule has 1 aromatic carbocycles. The largest absolute Gasteiger partial charge is 0.495 e. The van der Waals surface area contributed by atoms with Gasteiger partial charge in [-0.1, -0.05) is 23.2 Å². The zero-order chi connectivity index (χ0) is 14.9. The van der Waals surface area contributed by atoms with Gasteiger partial charge in [0, 0.05) is 25.7 Å². The van der Waals surface area contributed by atoms with Crippen LogP contribution >= 0.6 is 23.2 Å². The number of methoxy groups -OCH3 is 1. The van der Waals surface area contributed by atoms with Crippen molar-refractivity contribution in [2.75, 3.05) is 27.2 Å². The summed E-state index contributed by atoms with van der Waals surface area (Å²) >= 11 is 12.0. The predicted molar refractivity (Wildman–Crippen MR) is 79.2 cm³/mol. The van der Waals surface area contributed by atoms with Gasteiger partial charge in [0.15, 0.2) is 0 Å². The summed E-state index contributed by atoms with van der Waals surface area (Å²) in [5.41, 5.74) is 0. The number of nitrogens with one attached hydrogen (secondary N) is 1. The molecule has 1 saturated heterocycles. The Balaban J connectivity index is 2.41. The van der Waals surface area contributed by atoms with Gasteiger partial charge < -0.3 is 10.1 Å². The molecular formula is C12H16Cl2N2O3S. The van der Waals surface area contributed by atoms with E-state index >= 15 is 0 Å². The maximum absolute atomic E-state index is 12.6. The highest BCUT2D eigenvalue weighted by atomic mass is 35.5. The highest BCUT2D eigenvalue weighted by molar-refractivity contribution is 7.89. The lowest BCUT2D eigenvalue weighted by molar-refractivity contribution is 0.387. The summed E-state index contributed by atoms with van der Waals surface area (Å²) in [7, 11) is -0.676. The lowest BCUT2D eigenvalue weighted by Gasteiger charge is -2.24. The molecule has 0 spiro atoms. The molecule has 1 atom stereocenters. The quantitative estimate of drug-likeness (QED) is 0.911. The minimum Gasteiger partial charge on any atom is -0.495 e. The van der Waals surface area contributed by atoms with E-state index in [1.165, 1.54) is 23.5 Å². The molecule has 1 aromatic rings. The average molecular weight is 339 g/mol. The van der Waals surface area contributed by atoms with E-state index < -0.39 is 10.0 Å². The van der Waals surface area contributed by atoms with Gasteiger partial charge in [-0.15, -0.1) is 0 Å². The van der Waals surface area contributed by atoms with Gasteiger partial charge in [0.05, 0.1) is 17.2 Å². The zero-order valence-corrected chi connectivity index (χ0v) is 13.5. The fourth-order valence-corrected chi connectivity index (χ4v) is 4.37. The normalized spacial score (nSPS) is 19.6. The first-order valence-corrected chi connectivity index (χ1v) is 8.29. The second-order valence-electron chi connectivity index (χ2n) is 4.59. The molecule has 2 rings (SSSR count). The van der Waals surface area contributed by atoms with Crippen molar-refractivity contribution in [3.8, 4) is 5.75 Å². The number of ether oxygens (including phenoxy) is 1. The van der Waals surface area contributed by atoms with E-state index in [0.717, 1.165) is 13.0 Å². The van der Waals surface area contributed by atoms with Gasteiger partial charge in [-0.3, -0.25) is 0 Å². The molecule has 112 valence electrons. The van der Waals surface area contributed by atoms with Gasteiger partial charge >= 0.3 is 0 Å². The fraction of sp³-hybridized carbons (Fsp3) is 0.500. The first-order chi connectivity index (χ1) is 9.37. The van der Waals surface area contributed by atoms with Crippen molar-refractivity contribution < 1.29 is 13.2 Å². The van der Waals surface area contributed by atoms with Crippen LogP contribution in [-0.4, -0.2) is 46.0 Å². The molecule has 5 nitrogen and oxygen atoms in total. The molecular weight excluding hydrogens is 323 g/mol. The highest BCUT2D eigenvalue weighted by Crippen LogP contribution is 2.35. The molecule has 0 aliphatic carbocycles. The van der Waals surface area contributed by atoms with Crippen LogP contribution in [0.5, 0.6) is 5.75 Å². The van der Waals surface area contributed by atoms with Gasteiger partial charge in [0.25, 0.3) is 0 Å². The lowest BCUT2D eigenvalue weighted by Crippen LogP contribution is -2.38. The Labute approximate surface area is 128 Å². The number of hydrogen-bond donors (Lipinski definition) is 1. The second-order valence-corrected chi connectivity index (χ2v) is 7.37. The first kappa shape index (κ1) is 15.9. The van der Waals surface area contributed by atoms with Crippen LogP contribution in [0.4, 0.5) is 0 Å². The van der Waals surface area contributed by atoms with Crippen molar-refractivity contribution >= 4 is 33.2 Å². The highest BCUT2D eigenvalue weighted by Gasteiger charge is 2.32. The van der Waals surface area contributed by atoms with Crippen LogP contribution in [0.2, 0.25) is 10.0 Å². The third kappa shape index (κ3) is 2.89. The molecule has 1 heterocycles.